The summed E-state index contributed by atoms with van der Waals surface area (Å²) in [5.41, 5.74) is -0.541. The molecule has 2 rings (SSSR count). The van der Waals surface area contributed by atoms with Crippen LogP contribution in [-0.2, 0) is 14.8 Å². The molecule has 0 aromatic heterocycles. The predicted molar refractivity (Wildman–Crippen MR) is 82.4 cm³/mol. The molecule has 0 N–H and O–H groups in total. The van der Waals surface area contributed by atoms with E-state index in [0.717, 1.165) is 6.54 Å². The number of likely N-dealkylation sites (N-methyl/N-ethyl adjacent to an activating group) is 1. The second-order valence-electron chi connectivity index (χ2n) is 5.79. The van der Waals surface area contributed by atoms with E-state index < -0.39 is 15.6 Å². The highest BCUT2D eigenvalue weighted by Crippen LogP contribution is 2.33. The Bertz CT molecular complexity index is 510. The smallest absolute Gasteiger partial charge is 0.243 e. The summed E-state index contributed by atoms with van der Waals surface area (Å²) < 4.78 is 25.4. The average molecular weight is 315 g/mol. The van der Waals surface area contributed by atoms with Crippen molar-refractivity contribution >= 4 is 15.9 Å². The number of hydrogen-bond acceptors (Lipinski definition) is 4. The van der Waals surface area contributed by atoms with Crippen LogP contribution >= 0.6 is 0 Å². The maximum Gasteiger partial charge on any atom is 0.243 e. The zero-order valence-electron chi connectivity index (χ0n) is 12.9. The molecule has 0 bridgehead atoms. The predicted octanol–water partition coefficient (Wildman–Crippen LogP) is 0.131. The molecule has 0 unspecified atom stereocenters. The van der Waals surface area contributed by atoms with Crippen molar-refractivity contribution in [3.63, 3.8) is 0 Å². The molecule has 6 nitrogen and oxygen atoms in total. The molecular weight excluding hydrogens is 290 g/mol. The minimum Gasteiger partial charge on any atom is -0.336 e. The molecule has 0 aromatic rings. The van der Waals surface area contributed by atoms with Gasteiger partial charge in [-0.1, -0.05) is 6.08 Å². The number of piperazine rings is 1. The number of hydrogen-bond donors (Lipinski definition) is 0. The number of amides is 1. The lowest BCUT2D eigenvalue weighted by atomic mass is 9.83. The zero-order chi connectivity index (χ0) is 15.7. The molecule has 1 spiro atoms. The van der Waals surface area contributed by atoms with E-state index in [1.165, 1.54) is 4.31 Å². The number of piperidine rings is 1. The van der Waals surface area contributed by atoms with Gasteiger partial charge in [0.05, 0.1) is 5.75 Å². The van der Waals surface area contributed by atoms with Gasteiger partial charge in [-0.25, -0.2) is 12.7 Å². The maximum atomic E-state index is 12.8. The maximum absolute atomic E-state index is 12.8. The summed E-state index contributed by atoms with van der Waals surface area (Å²) in [6.07, 6.45) is 2.87. The lowest BCUT2D eigenvalue weighted by Gasteiger charge is -2.51. The Kier molecular flexibility index (Phi) is 4.75. The van der Waals surface area contributed by atoms with Crippen LogP contribution in [-0.4, -0.2) is 79.5 Å². The van der Waals surface area contributed by atoms with Crippen molar-refractivity contribution in [3.8, 4) is 0 Å². The molecule has 2 fully saturated rings. The van der Waals surface area contributed by atoms with E-state index in [1.807, 2.05) is 11.9 Å². The molecular formula is C14H25N3O3S. The van der Waals surface area contributed by atoms with Gasteiger partial charge in [-0.05, 0) is 26.8 Å². The van der Waals surface area contributed by atoms with Gasteiger partial charge >= 0.3 is 0 Å². The highest BCUT2D eigenvalue weighted by Gasteiger charge is 2.49. The van der Waals surface area contributed by atoms with Gasteiger partial charge in [0.15, 0.2) is 0 Å². The molecule has 2 heterocycles. The fourth-order valence-corrected chi connectivity index (χ4v) is 4.39. The van der Waals surface area contributed by atoms with Crippen LogP contribution in [0.25, 0.3) is 0 Å². The topological polar surface area (TPSA) is 60.9 Å². The van der Waals surface area contributed by atoms with E-state index >= 15 is 0 Å². The van der Waals surface area contributed by atoms with E-state index in [2.05, 4.69) is 11.5 Å². The largest absolute Gasteiger partial charge is 0.336 e. The summed E-state index contributed by atoms with van der Waals surface area (Å²) in [6.45, 7) is 8.30. The average Bonchev–Trinajstić information content (AvgIpc) is 2.49. The van der Waals surface area contributed by atoms with Crippen LogP contribution in [0.4, 0.5) is 0 Å². The van der Waals surface area contributed by atoms with Crippen LogP contribution in [0.3, 0.4) is 0 Å². The third-order valence-electron chi connectivity index (χ3n) is 4.78. The molecule has 1 amide bonds. The van der Waals surface area contributed by atoms with Crippen LogP contribution in [0.2, 0.25) is 0 Å². The van der Waals surface area contributed by atoms with Crippen molar-refractivity contribution in [1.82, 2.24) is 14.1 Å². The number of nitrogens with zero attached hydrogens (tertiary/aromatic N) is 3. The molecule has 0 aliphatic carbocycles. The first kappa shape index (κ1) is 16.5. The molecule has 0 atom stereocenters. The Morgan fingerprint density at radius 2 is 1.86 bits per heavy atom. The van der Waals surface area contributed by atoms with Crippen LogP contribution in [0, 0.1) is 0 Å². The third-order valence-corrected chi connectivity index (χ3v) is 6.66. The Hall–Kier alpha value is -0.920. The zero-order valence-corrected chi connectivity index (χ0v) is 13.7. The molecule has 2 aliphatic rings. The highest BCUT2D eigenvalue weighted by molar-refractivity contribution is 7.89. The third kappa shape index (κ3) is 2.86. The van der Waals surface area contributed by atoms with E-state index in [1.54, 1.807) is 13.0 Å². The van der Waals surface area contributed by atoms with E-state index in [0.29, 0.717) is 39.0 Å². The molecule has 21 heavy (non-hydrogen) atoms. The Morgan fingerprint density at radius 1 is 1.24 bits per heavy atom. The summed E-state index contributed by atoms with van der Waals surface area (Å²) in [5.74, 6) is 0.233. The van der Waals surface area contributed by atoms with Crippen LogP contribution in [0.15, 0.2) is 12.7 Å². The number of carbonyl (C=O) groups excluding carboxylic acids is 1. The number of carbonyl (C=O) groups is 1. The molecule has 0 saturated carbocycles. The summed E-state index contributed by atoms with van der Waals surface area (Å²) in [7, 11) is -1.20. The fraction of sp³-hybridized carbons (Fsp3) is 0.786. The first-order chi connectivity index (χ1) is 9.87. The summed E-state index contributed by atoms with van der Waals surface area (Å²) >= 11 is 0. The van der Waals surface area contributed by atoms with Gasteiger partial charge in [0, 0.05) is 32.7 Å². The SMILES string of the molecule is C=CCN1CCN(C)C2(CCN(S(=O)(=O)CC)CC2)C1=O. The number of rotatable bonds is 4. The first-order valence-corrected chi connectivity index (χ1v) is 9.07. The van der Waals surface area contributed by atoms with Gasteiger partial charge in [0.2, 0.25) is 15.9 Å². The van der Waals surface area contributed by atoms with Gasteiger partial charge in [-0.15, -0.1) is 6.58 Å². The van der Waals surface area contributed by atoms with Crippen molar-refractivity contribution in [2.45, 2.75) is 25.3 Å². The lowest BCUT2D eigenvalue weighted by molar-refractivity contribution is -0.152. The van der Waals surface area contributed by atoms with Gasteiger partial charge in [-0.3, -0.25) is 9.69 Å². The van der Waals surface area contributed by atoms with Gasteiger partial charge in [0.1, 0.15) is 5.54 Å². The molecule has 2 saturated heterocycles. The van der Waals surface area contributed by atoms with E-state index in [4.69, 9.17) is 0 Å². The standard InChI is InChI=1S/C14H25N3O3S/c1-4-8-16-12-11-15(3)14(13(16)18)6-9-17(10-7-14)21(19,20)5-2/h4H,1,5-12H2,2-3H3. The van der Waals surface area contributed by atoms with E-state index in [9.17, 15) is 13.2 Å². The fourth-order valence-electron chi connectivity index (χ4n) is 3.29. The normalized spacial score (nSPS) is 24.5. The van der Waals surface area contributed by atoms with Crippen LogP contribution < -0.4 is 0 Å². The second kappa shape index (κ2) is 6.06. The van der Waals surface area contributed by atoms with Crippen molar-refractivity contribution in [3.05, 3.63) is 12.7 Å². The quantitative estimate of drug-likeness (QED) is 0.692. The minimum absolute atomic E-state index is 0.115. The summed E-state index contributed by atoms with van der Waals surface area (Å²) in [6, 6.07) is 0. The van der Waals surface area contributed by atoms with Crippen molar-refractivity contribution in [2.75, 3.05) is 45.5 Å². The highest BCUT2D eigenvalue weighted by atomic mass is 32.2. The molecule has 2 aliphatic heterocycles. The van der Waals surface area contributed by atoms with Crippen LogP contribution in [0.5, 0.6) is 0 Å². The second-order valence-corrected chi connectivity index (χ2v) is 8.05. The number of sulfonamides is 1. The Balaban J connectivity index is 2.15. The van der Waals surface area contributed by atoms with Gasteiger partial charge < -0.3 is 4.90 Å². The monoisotopic (exact) mass is 315 g/mol. The Labute approximate surface area is 127 Å². The van der Waals surface area contributed by atoms with Gasteiger partial charge in [-0.2, -0.15) is 0 Å². The molecule has 0 radical (unpaired) electrons. The molecule has 7 heteroatoms. The lowest BCUT2D eigenvalue weighted by Crippen LogP contribution is -2.67. The van der Waals surface area contributed by atoms with Crippen molar-refractivity contribution < 1.29 is 13.2 Å². The Morgan fingerprint density at radius 3 is 2.38 bits per heavy atom. The van der Waals surface area contributed by atoms with Crippen molar-refractivity contribution in [1.29, 1.82) is 0 Å². The first-order valence-electron chi connectivity index (χ1n) is 7.46. The molecule has 0 aromatic carbocycles. The van der Waals surface area contributed by atoms with E-state index in [-0.39, 0.29) is 11.7 Å². The van der Waals surface area contributed by atoms with Crippen molar-refractivity contribution in [2.24, 2.45) is 0 Å². The van der Waals surface area contributed by atoms with Crippen LogP contribution in [0.1, 0.15) is 19.8 Å². The van der Waals surface area contributed by atoms with Gasteiger partial charge in [0.25, 0.3) is 0 Å². The molecule has 120 valence electrons. The summed E-state index contributed by atoms with van der Waals surface area (Å²) in [5, 5.41) is 0. The summed E-state index contributed by atoms with van der Waals surface area (Å²) in [4.78, 5) is 16.7. The minimum atomic E-state index is -3.16.